The number of piperidine rings is 1. The van der Waals surface area contributed by atoms with Crippen molar-refractivity contribution in [2.24, 2.45) is 0 Å². The van der Waals surface area contributed by atoms with Crippen LogP contribution < -0.4 is 10.6 Å². The molecule has 6 rings (SSSR count). The monoisotopic (exact) mass is 598 g/mol. The molecule has 10 heteroatoms. The molecule has 4 aromatic rings. The largest absolute Gasteiger partial charge is 0.379 e. The minimum absolute atomic E-state index is 0.115. The van der Waals surface area contributed by atoms with Gasteiger partial charge in [0.1, 0.15) is 11.8 Å². The highest BCUT2D eigenvalue weighted by Gasteiger charge is 2.29. The lowest BCUT2D eigenvalue weighted by Crippen LogP contribution is -2.46. The van der Waals surface area contributed by atoms with E-state index in [1.165, 1.54) is 0 Å². The molecule has 0 spiro atoms. The van der Waals surface area contributed by atoms with Crippen LogP contribution in [0, 0.1) is 11.3 Å². The molecule has 2 aromatic carbocycles. The highest BCUT2D eigenvalue weighted by Crippen LogP contribution is 2.36. The molecule has 2 aromatic heterocycles. The quantitative estimate of drug-likeness (QED) is 0.246. The van der Waals surface area contributed by atoms with Gasteiger partial charge < -0.3 is 15.4 Å². The highest BCUT2D eigenvalue weighted by molar-refractivity contribution is 6.35. The summed E-state index contributed by atoms with van der Waals surface area (Å²) in [6, 6.07) is 16.6. The van der Waals surface area contributed by atoms with Crippen LogP contribution in [0.1, 0.15) is 75.4 Å². The SMILES string of the molecule is CC(C)(C)N1CCC(n2cc(C(Nc3cc(Cl)c4ncc(C#N)c(N[C@H]5CCCOC5)c4c3)c3ccccc3)nn2)CC1. The van der Waals surface area contributed by atoms with Crippen LogP contribution in [0.3, 0.4) is 0 Å². The summed E-state index contributed by atoms with van der Waals surface area (Å²) in [6.45, 7) is 10.3. The number of nitrogens with zero attached hydrogens (tertiary/aromatic N) is 6. The number of halogens is 1. The Morgan fingerprint density at radius 2 is 1.91 bits per heavy atom. The number of ether oxygens (including phenoxy) is 1. The molecule has 1 unspecified atom stereocenters. The van der Waals surface area contributed by atoms with Crippen molar-refractivity contribution in [1.29, 1.82) is 5.26 Å². The van der Waals surface area contributed by atoms with E-state index in [0.29, 0.717) is 28.8 Å². The van der Waals surface area contributed by atoms with E-state index < -0.39 is 0 Å². The van der Waals surface area contributed by atoms with Gasteiger partial charge in [0.2, 0.25) is 0 Å². The van der Waals surface area contributed by atoms with Gasteiger partial charge in [-0.15, -0.1) is 5.10 Å². The molecular weight excluding hydrogens is 560 g/mol. The Balaban J connectivity index is 1.32. The fraction of sp³-hybridized carbons (Fsp3) is 0.455. The number of fused-ring (bicyclic) bond motifs is 1. The summed E-state index contributed by atoms with van der Waals surface area (Å²) in [5.41, 5.74) is 4.74. The van der Waals surface area contributed by atoms with Gasteiger partial charge >= 0.3 is 0 Å². The first-order valence-electron chi connectivity index (χ1n) is 15.1. The summed E-state index contributed by atoms with van der Waals surface area (Å²) in [7, 11) is 0. The summed E-state index contributed by atoms with van der Waals surface area (Å²) in [5, 5.41) is 27.7. The van der Waals surface area contributed by atoms with Crippen molar-refractivity contribution in [3.8, 4) is 6.07 Å². The van der Waals surface area contributed by atoms with Crippen molar-refractivity contribution in [2.45, 2.75) is 70.1 Å². The topological polar surface area (TPSA) is 104 Å². The van der Waals surface area contributed by atoms with Crippen molar-refractivity contribution in [2.75, 3.05) is 36.9 Å². The predicted molar refractivity (Wildman–Crippen MR) is 170 cm³/mol. The van der Waals surface area contributed by atoms with Crippen LogP contribution in [0.4, 0.5) is 11.4 Å². The molecule has 4 heterocycles. The molecule has 0 saturated carbocycles. The lowest BCUT2D eigenvalue weighted by molar-refractivity contribution is 0.0866. The van der Waals surface area contributed by atoms with E-state index in [1.54, 1.807) is 6.20 Å². The number of nitrogens with one attached hydrogen (secondary N) is 2. The Labute approximate surface area is 258 Å². The number of likely N-dealkylation sites (tertiary alicyclic amines) is 1. The van der Waals surface area contributed by atoms with Crippen molar-refractivity contribution in [3.05, 3.63) is 76.7 Å². The van der Waals surface area contributed by atoms with Crippen molar-refractivity contribution < 1.29 is 4.74 Å². The zero-order chi connectivity index (χ0) is 30.0. The van der Waals surface area contributed by atoms with Gasteiger partial charge in [-0.25, -0.2) is 4.68 Å². The third kappa shape index (κ3) is 6.47. The van der Waals surface area contributed by atoms with E-state index >= 15 is 0 Å². The lowest BCUT2D eigenvalue weighted by Gasteiger charge is -2.40. The number of pyridine rings is 1. The van der Waals surface area contributed by atoms with Crippen LogP contribution in [-0.4, -0.2) is 62.8 Å². The fourth-order valence-corrected chi connectivity index (χ4v) is 6.45. The molecule has 0 aliphatic carbocycles. The standard InChI is InChI=1S/C33H39ClN8O/c1-33(2,3)41-13-11-26(12-14-41)42-20-29(39-40-42)31(22-8-5-4-6-9-22)38-25-16-27-30(37-24-10-7-15-43-21-24)23(18-35)19-36-32(27)28(34)17-25/h4-6,8-9,16-17,19-20,24,26,31,38H,7,10-15,21H2,1-3H3,(H,36,37)/t24-,31?/m0/s1. The number of nitriles is 1. The second-order valence-corrected chi connectivity index (χ2v) is 13.0. The minimum atomic E-state index is -0.256. The zero-order valence-electron chi connectivity index (χ0n) is 25.1. The van der Waals surface area contributed by atoms with Gasteiger partial charge in [0.05, 0.1) is 46.7 Å². The lowest BCUT2D eigenvalue weighted by atomic mass is 9.98. The maximum atomic E-state index is 9.92. The minimum Gasteiger partial charge on any atom is -0.379 e. The van der Waals surface area contributed by atoms with Crippen LogP contribution in [0.15, 0.2) is 54.9 Å². The van der Waals surface area contributed by atoms with Crippen LogP contribution in [0.25, 0.3) is 10.9 Å². The Kier molecular flexibility index (Phi) is 8.53. The van der Waals surface area contributed by atoms with Gasteiger partial charge in [0.25, 0.3) is 0 Å². The number of hydrogen-bond donors (Lipinski definition) is 2. The predicted octanol–water partition coefficient (Wildman–Crippen LogP) is 6.58. The van der Waals surface area contributed by atoms with E-state index in [2.05, 4.69) is 76.0 Å². The average Bonchev–Trinajstić information content (AvgIpc) is 3.51. The van der Waals surface area contributed by atoms with Gasteiger partial charge in [-0.05, 0) is 64.2 Å². The van der Waals surface area contributed by atoms with Gasteiger partial charge in [0.15, 0.2) is 0 Å². The molecule has 9 nitrogen and oxygen atoms in total. The molecule has 2 saturated heterocycles. The second kappa shape index (κ2) is 12.5. The third-order valence-electron chi connectivity index (χ3n) is 8.61. The van der Waals surface area contributed by atoms with Crippen LogP contribution in [0.2, 0.25) is 5.02 Å². The molecule has 224 valence electrons. The first-order chi connectivity index (χ1) is 20.8. The summed E-state index contributed by atoms with van der Waals surface area (Å²) in [6.07, 6.45) is 7.70. The average molecular weight is 599 g/mol. The maximum absolute atomic E-state index is 9.92. The van der Waals surface area contributed by atoms with Crippen molar-refractivity contribution in [3.63, 3.8) is 0 Å². The second-order valence-electron chi connectivity index (χ2n) is 12.6. The number of benzene rings is 2. The number of aromatic nitrogens is 4. The van der Waals surface area contributed by atoms with Crippen molar-refractivity contribution >= 4 is 33.9 Å². The molecule has 2 aliphatic rings. The molecule has 2 aliphatic heterocycles. The van der Waals surface area contributed by atoms with E-state index in [4.69, 9.17) is 16.3 Å². The van der Waals surface area contributed by atoms with Crippen LogP contribution in [-0.2, 0) is 4.74 Å². The molecular formula is C33H39ClN8O. The number of rotatable bonds is 7. The van der Waals surface area contributed by atoms with Crippen LogP contribution in [0.5, 0.6) is 0 Å². The molecule has 0 radical (unpaired) electrons. The normalized spacial score (nSPS) is 19.2. The molecule has 2 N–H and O–H groups in total. The fourth-order valence-electron chi connectivity index (χ4n) is 6.18. The maximum Gasteiger partial charge on any atom is 0.109 e. The first-order valence-corrected chi connectivity index (χ1v) is 15.5. The van der Waals surface area contributed by atoms with Crippen LogP contribution >= 0.6 is 11.6 Å². The Morgan fingerprint density at radius 1 is 1.12 bits per heavy atom. The third-order valence-corrected chi connectivity index (χ3v) is 8.90. The number of anilines is 2. The molecule has 0 amide bonds. The summed E-state index contributed by atoms with van der Waals surface area (Å²) < 4.78 is 7.73. The highest BCUT2D eigenvalue weighted by atomic mass is 35.5. The Hall–Kier alpha value is -3.71. The Bertz CT molecular complexity index is 1600. The number of hydrogen-bond acceptors (Lipinski definition) is 8. The van der Waals surface area contributed by atoms with E-state index in [0.717, 1.165) is 73.4 Å². The summed E-state index contributed by atoms with van der Waals surface area (Å²) in [4.78, 5) is 7.07. The zero-order valence-corrected chi connectivity index (χ0v) is 25.8. The van der Waals surface area contributed by atoms with Gasteiger partial charge in [-0.2, -0.15) is 5.26 Å². The van der Waals surface area contributed by atoms with E-state index in [9.17, 15) is 5.26 Å². The summed E-state index contributed by atoms with van der Waals surface area (Å²) >= 11 is 6.82. The van der Waals surface area contributed by atoms with E-state index in [-0.39, 0.29) is 17.6 Å². The van der Waals surface area contributed by atoms with Gasteiger partial charge in [-0.1, -0.05) is 47.1 Å². The summed E-state index contributed by atoms with van der Waals surface area (Å²) in [5.74, 6) is 0. The smallest absolute Gasteiger partial charge is 0.109 e. The molecule has 2 fully saturated rings. The van der Waals surface area contributed by atoms with Gasteiger partial charge in [0, 0.05) is 48.5 Å². The van der Waals surface area contributed by atoms with Gasteiger partial charge in [-0.3, -0.25) is 9.88 Å². The molecule has 2 atom stereocenters. The van der Waals surface area contributed by atoms with E-state index in [1.807, 2.05) is 35.0 Å². The Morgan fingerprint density at radius 3 is 2.60 bits per heavy atom. The first kappa shape index (κ1) is 29.4. The molecule has 43 heavy (non-hydrogen) atoms. The molecule has 0 bridgehead atoms. The van der Waals surface area contributed by atoms with Crippen molar-refractivity contribution in [1.82, 2.24) is 24.9 Å².